The van der Waals surface area contributed by atoms with Crippen LogP contribution in [0.2, 0.25) is 0 Å². The molecule has 1 aromatic heterocycles. The number of hydrogen-bond donors (Lipinski definition) is 2. The molecular formula is C22H30N6O2. The molecule has 2 aliphatic heterocycles. The van der Waals surface area contributed by atoms with Crippen molar-refractivity contribution in [3.63, 3.8) is 0 Å². The van der Waals surface area contributed by atoms with Gasteiger partial charge in [-0.2, -0.15) is 4.98 Å². The van der Waals surface area contributed by atoms with Gasteiger partial charge in [0.05, 0.1) is 6.61 Å². The molecule has 4 rings (SSSR count). The van der Waals surface area contributed by atoms with Crippen LogP contribution in [-0.2, 0) is 6.42 Å². The van der Waals surface area contributed by atoms with Crippen LogP contribution in [-0.4, -0.2) is 72.7 Å². The number of anilines is 2. The number of nitrogens with one attached hydrogen (secondary N) is 2. The van der Waals surface area contributed by atoms with Gasteiger partial charge in [-0.15, -0.1) is 0 Å². The Morgan fingerprint density at radius 1 is 1.30 bits per heavy atom. The van der Waals surface area contributed by atoms with Crippen molar-refractivity contribution in [1.29, 1.82) is 0 Å². The lowest BCUT2D eigenvalue weighted by Gasteiger charge is -2.30. The summed E-state index contributed by atoms with van der Waals surface area (Å²) in [6, 6.07) is 7.71. The highest BCUT2D eigenvalue weighted by atomic mass is 16.5. The van der Waals surface area contributed by atoms with Crippen molar-refractivity contribution < 1.29 is 9.53 Å². The minimum Gasteiger partial charge on any atom is -0.493 e. The van der Waals surface area contributed by atoms with Crippen LogP contribution in [0.4, 0.5) is 11.8 Å². The third kappa shape index (κ3) is 4.88. The molecule has 0 saturated carbocycles. The molecule has 0 bridgehead atoms. The Hall–Kier alpha value is -2.71. The van der Waals surface area contributed by atoms with Gasteiger partial charge in [0.15, 0.2) is 0 Å². The van der Waals surface area contributed by atoms with Gasteiger partial charge in [-0.3, -0.25) is 14.6 Å². The third-order valence-electron chi connectivity index (χ3n) is 5.37. The molecule has 2 aliphatic rings. The molecule has 1 saturated heterocycles. The number of ether oxygens (including phenoxy) is 1. The fourth-order valence-corrected chi connectivity index (χ4v) is 3.80. The number of aromatic nitrogens is 2. The Balaban J connectivity index is 1.58. The number of nitrogens with zero attached hydrogens (tertiary/aromatic N) is 4. The normalized spacial score (nSPS) is 16.2. The van der Waals surface area contributed by atoms with E-state index < -0.39 is 0 Å². The van der Waals surface area contributed by atoms with Crippen LogP contribution >= 0.6 is 0 Å². The van der Waals surface area contributed by atoms with E-state index in [1.54, 1.807) is 17.2 Å². The van der Waals surface area contributed by atoms with E-state index in [2.05, 4.69) is 25.5 Å². The first-order valence-electron chi connectivity index (χ1n) is 10.7. The third-order valence-corrected chi connectivity index (χ3v) is 5.37. The molecule has 0 spiro atoms. The van der Waals surface area contributed by atoms with Crippen molar-refractivity contribution in [3.05, 3.63) is 41.6 Å². The fraction of sp³-hybridized carbons (Fsp3) is 0.500. The molecule has 0 atom stereocenters. The lowest BCUT2D eigenvalue weighted by molar-refractivity contribution is 0.0982. The number of amides is 1. The molecule has 0 radical (unpaired) electrons. The van der Waals surface area contributed by atoms with Gasteiger partial charge in [0, 0.05) is 63.5 Å². The van der Waals surface area contributed by atoms with Gasteiger partial charge >= 0.3 is 0 Å². The van der Waals surface area contributed by atoms with E-state index in [9.17, 15) is 4.79 Å². The number of carbonyl (C=O) groups excluding carboxylic acids is 1. The van der Waals surface area contributed by atoms with Crippen LogP contribution in [0.15, 0.2) is 30.5 Å². The Labute approximate surface area is 177 Å². The minimum absolute atomic E-state index is 0.0472. The summed E-state index contributed by atoms with van der Waals surface area (Å²) in [5.41, 5.74) is 1.75. The van der Waals surface area contributed by atoms with E-state index in [0.717, 1.165) is 50.5 Å². The van der Waals surface area contributed by atoms with Gasteiger partial charge in [0.1, 0.15) is 11.6 Å². The van der Waals surface area contributed by atoms with Crippen LogP contribution in [0.5, 0.6) is 5.75 Å². The summed E-state index contributed by atoms with van der Waals surface area (Å²) >= 11 is 0. The fourth-order valence-electron chi connectivity index (χ4n) is 3.80. The van der Waals surface area contributed by atoms with E-state index in [4.69, 9.17) is 4.74 Å². The number of piperazine rings is 1. The van der Waals surface area contributed by atoms with Crippen molar-refractivity contribution in [2.45, 2.75) is 26.3 Å². The van der Waals surface area contributed by atoms with Gasteiger partial charge in [-0.05, 0) is 43.7 Å². The molecule has 1 aromatic carbocycles. The first kappa shape index (κ1) is 20.6. The molecule has 2 aromatic rings. The summed E-state index contributed by atoms with van der Waals surface area (Å²) < 4.78 is 5.59. The van der Waals surface area contributed by atoms with Crippen molar-refractivity contribution >= 4 is 17.7 Å². The van der Waals surface area contributed by atoms with E-state index in [-0.39, 0.29) is 11.9 Å². The van der Waals surface area contributed by atoms with Gasteiger partial charge in [-0.25, -0.2) is 4.98 Å². The monoisotopic (exact) mass is 410 g/mol. The first-order valence-corrected chi connectivity index (χ1v) is 10.7. The Kier molecular flexibility index (Phi) is 6.44. The molecule has 2 N–H and O–H groups in total. The topological polar surface area (TPSA) is 82.6 Å². The van der Waals surface area contributed by atoms with Crippen LogP contribution in [0.25, 0.3) is 0 Å². The van der Waals surface area contributed by atoms with E-state index in [0.29, 0.717) is 30.5 Å². The van der Waals surface area contributed by atoms with Crippen molar-refractivity contribution in [1.82, 2.24) is 20.2 Å². The van der Waals surface area contributed by atoms with Gasteiger partial charge in [-0.1, -0.05) is 0 Å². The molecule has 0 aliphatic carbocycles. The zero-order valence-corrected chi connectivity index (χ0v) is 17.7. The average molecular weight is 411 g/mol. The first-order chi connectivity index (χ1) is 14.6. The molecule has 1 amide bonds. The SMILES string of the molecule is CC(C)Nc1nccc(N(CCN2CCNCC2)C(=O)c2ccc3c(c2)CCO3)n1. The summed E-state index contributed by atoms with van der Waals surface area (Å²) in [6.07, 6.45) is 2.54. The van der Waals surface area contributed by atoms with Crippen molar-refractivity contribution in [2.75, 3.05) is 56.1 Å². The summed E-state index contributed by atoms with van der Waals surface area (Å²) in [5, 5.41) is 6.59. The largest absolute Gasteiger partial charge is 0.493 e. The van der Waals surface area contributed by atoms with Crippen LogP contribution < -0.4 is 20.3 Å². The lowest BCUT2D eigenvalue weighted by Crippen LogP contribution is -2.47. The molecule has 160 valence electrons. The van der Waals surface area contributed by atoms with E-state index in [1.807, 2.05) is 32.0 Å². The van der Waals surface area contributed by atoms with Gasteiger partial charge in [0.2, 0.25) is 5.95 Å². The minimum atomic E-state index is -0.0472. The smallest absolute Gasteiger partial charge is 0.259 e. The standard InChI is InChI=1S/C22H30N6O2/c1-16(2)25-22-24-7-5-20(26-22)28(13-12-27-10-8-23-9-11-27)21(29)18-3-4-19-17(15-18)6-14-30-19/h3-5,7,15-16,23H,6,8-14H2,1-2H3,(H,24,25,26). The summed E-state index contributed by atoms with van der Waals surface area (Å²) in [6.45, 7) is 10.1. The number of hydrogen-bond acceptors (Lipinski definition) is 7. The summed E-state index contributed by atoms with van der Waals surface area (Å²) in [5.74, 6) is 1.98. The number of fused-ring (bicyclic) bond motifs is 1. The summed E-state index contributed by atoms with van der Waals surface area (Å²) in [7, 11) is 0. The maximum Gasteiger partial charge on any atom is 0.259 e. The average Bonchev–Trinajstić information content (AvgIpc) is 3.22. The molecular weight excluding hydrogens is 380 g/mol. The zero-order chi connectivity index (χ0) is 20.9. The van der Waals surface area contributed by atoms with Crippen molar-refractivity contribution in [3.8, 4) is 5.75 Å². The predicted octanol–water partition coefficient (Wildman–Crippen LogP) is 1.78. The number of carbonyl (C=O) groups is 1. The molecule has 0 unspecified atom stereocenters. The summed E-state index contributed by atoms with van der Waals surface area (Å²) in [4.78, 5) is 26.6. The van der Waals surface area contributed by atoms with Crippen molar-refractivity contribution in [2.24, 2.45) is 0 Å². The quantitative estimate of drug-likeness (QED) is 0.720. The Bertz CT molecular complexity index is 882. The van der Waals surface area contributed by atoms with Crippen LogP contribution in [0.1, 0.15) is 29.8 Å². The van der Waals surface area contributed by atoms with E-state index in [1.165, 1.54) is 0 Å². The maximum absolute atomic E-state index is 13.5. The Morgan fingerprint density at radius 3 is 2.93 bits per heavy atom. The maximum atomic E-state index is 13.5. The van der Waals surface area contributed by atoms with E-state index >= 15 is 0 Å². The highest BCUT2D eigenvalue weighted by Crippen LogP contribution is 2.27. The second-order valence-electron chi connectivity index (χ2n) is 8.01. The van der Waals surface area contributed by atoms with Gasteiger partial charge < -0.3 is 15.4 Å². The molecule has 1 fully saturated rings. The number of rotatable bonds is 7. The van der Waals surface area contributed by atoms with Crippen LogP contribution in [0, 0.1) is 0 Å². The molecule has 3 heterocycles. The van der Waals surface area contributed by atoms with Crippen LogP contribution in [0.3, 0.4) is 0 Å². The molecule has 8 heteroatoms. The molecule has 8 nitrogen and oxygen atoms in total. The Morgan fingerprint density at radius 2 is 2.13 bits per heavy atom. The second kappa shape index (κ2) is 9.40. The highest BCUT2D eigenvalue weighted by Gasteiger charge is 2.23. The van der Waals surface area contributed by atoms with Gasteiger partial charge in [0.25, 0.3) is 5.91 Å². The zero-order valence-electron chi connectivity index (χ0n) is 17.7. The highest BCUT2D eigenvalue weighted by molar-refractivity contribution is 6.05. The lowest BCUT2D eigenvalue weighted by atomic mass is 10.1. The second-order valence-corrected chi connectivity index (χ2v) is 8.01. The number of benzene rings is 1. The molecule has 30 heavy (non-hydrogen) atoms. The predicted molar refractivity (Wildman–Crippen MR) is 117 cm³/mol.